The second kappa shape index (κ2) is 8.58. The molecule has 3 aromatic rings. The molecule has 1 aliphatic rings. The fourth-order valence-corrected chi connectivity index (χ4v) is 4.47. The summed E-state index contributed by atoms with van der Waals surface area (Å²) >= 11 is 1.72. The topological polar surface area (TPSA) is 69.0 Å². The van der Waals surface area contributed by atoms with Gasteiger partial charge in [-0.05, 0) is 61.5 Å². The number of likely N-dealkylation sites (tertiary alicyclic amines) is 1. The first-order chi connectivity index (χ1) is 13.3. The maximum absolute atomic E-state index is 6.15. The van der Waals surface area contributed by atoms with Gasteiger partial charge in [0.2, 0.25) is 6.23 Å². The van der Waals surface area contributed by atoms with Gasteiger partial charge >= 0.3 is 0 Å². The summed E-state index contributed by atoms with van der Waals surface area (Å²) < 4.78 is 7.76. The molecule has 142 valence electrons. The van der Waals surface area contributed by atoms with E-state index in [4.69, 9.17) is 9.72 Å². The summed E-state index contributed by atoms with van der Waals surface area (Å²) in [7, 11) is 0. The van der Waals surface area contributed by atoms with Crippen LogP contribution in [0.1, 0.15) is 49.0 Å². The molecule has 0 aliphatic carbocycles. The highest BCUT2D eigenvalue weighted by molar-refractivity contribution is 7.09. The van der Waals surface area contributed by atoms with Crippen LogP contribution in [0.25, 0.3) is 0 Å². The van der Waals surface area contributed by atoms with Crippen LogP contribution in [0.15, 0.2) is 42.0 Å². The standard InChI is InChI=1S/C19H24N6OS/c1-2-10-24-11-8-15(9-12-24)18-21-17(13-27-18)19(25-14-20-22-23-25)26-16-6-4-3-5-7-16/h3-7,13-15,19H,2,8-12H2,1H3. The molecular formula is C19H24N6OS. The Hall–Kier alpha value is -2.32. The molecule has 27 heavy (non-hydrogen) atoms. The third kappa shape index (κ3) is 4.33. The summed E-state index contributed by atoms with van der Waals surface area (Å²) in [5.74, 6) is 1.29. The van der Waals surface area contributed by atoms with Gasteiger partial charge in [0.15, 0.2) is 0 Å². The van der Waals surface area contributed by atoms with Crippen molar-refractivity contribution >= 4 is 11.3 Å². The van der Waals surface area contributed by atoms with E-state index in [1.807, 2.05) is 30.3 Å². The lowest BCUT2D eigenvalue weighted by Crippen LogP contribution is -2.33. The highest BCUT2D eigenvalue weighted by atomic mass is 32.1. The van der Waals surface area contributed by atoms with Crippen LogP contribution in [-0.2, 0) is 0 Å². The Morgan fingerprint density at radius 2 is 2.04 bits per heavy atom. The van der Waals surface area contributed by atoms with Crippen LogP contribution in [0.4, 0.5) is 0 Å². The lowest BCUT2D eigenvalue weighted by molar-refractivity contribution is 0.152. The third-order valence-corrected chi connectivity index (χ3v) is 5.89. The van der Waals surface area contributed by atoms with Crippen molar-refractivity contribution in [1.29, 1.82) is 0 Å². The molecule has 7 nitrogen and oxygen atoms in total. The average molecular weight is 385 g/mol. The third-order valence-electron chi connectivity index (χ3n) is 4.87. The number of nitrogens with zero attached hydrogens (tertiary/aromatic N) is 6. The molecule has 0 saturated carbocycles. The SMILES string of the molecule is CCCN1CCC(c2nc(C(Oc3ccccc3)n3cnnn3)cs2)CC1. The second-order valence-electron chi connectivity index (χ2n) is 6.80. The molecule has 0 radical (unpaired) electrons. The van der Waals surface area contributed by atoms with Crippen molar-refractivity contribution in [2.45, 2.75) is 38.3 Å². The minimum atomic E-state index is -0.465. The lowest BCUT2D eigenvalue weighted by atomic mass is 9.97. The zero-order valence-corrected chi connectivity index (χ0v) is 16.3. The van der Waals surface area contributed by atoms with E-state index in [0.717, 1.165) is 24.5 Å². The molecule has 0 spiro atoms. The second-order valence-corrected chi connectivity index (χ2v) is 7.69. The minimum absolute atomic E-state index is 0.465. The van der Waals surface area contributed by atoms with Gasteiger partial charge in [-0.25, -0.2) is 4.98 Å². The van der Waals surface area contributed by atoms with Crippen LogP contribution >= 0.6 is 11.3 Å². The van der Waals surface area contributed by atoms with E-state index in [1.54, 1.807) is 22.3 Å². The number of hydrogen-bond acceptors (Lipinski definition) is 7. The number of hydrogen-bond donors (Lipinski definition) is 0. The summed E-state index contributed by atoms with van der Waals surface area (Å²) in [5, 5.41) is 14.8. The lowest BCUT2D eigenvalue weighted by Gasteiger charge is -2.30. The summed E-state index contributed by atoms with van der Waals surface area (Å²) in [6, 6.07) is 9.71. The van der Waals surface area contributed by atoms with Gasteiger partial charge in [0, 0.05) is 11.3 Å². The van der Waals surface area contributed by atoms with Crippen molar-refractivity contribution in [1.82, 2.24) is 30.1 Å². The Kier molecular flexibility index (Phi) is 5.74. The van der Waals surface area contributed by atoms with Crippen molar-refractivity contribution in [3.05, 3.63) is 52.7 Å². The minimum Gasteiger partial charge on any atom is -0.463 e. The van der Waals surface area contributed by atoms with Crippen molar-refractivity contribution < 1.29 is 4.74 Å². The van der Waals surface area contributed by atoms with E-state index in [-0.39, 0.29) is 0 Å². The fourth-order valence-electron chi connectivity index (χ4n) is 3.48. The highest BCUT2D eigenvalue weighted by Crippen LogP contribution is 2.32. The molecule has 1 unspecified atom stereocenters. The van der Waals surface area contributed by atoms with Gasteiger partial charge in [-0.3, -0.25) is 0 Å². The Morgan fingerprint density at radius 1 is 1.22 bits per heavy atom. The number of thiazole rings is 1. The zero-order chi connectivity index (χ0) is 18.5. The Morgan fingerprint density at radius 3 is 2.74 bits per heavy atom. The number of tetrazole rings is 1. The molecule has 8 heteroatoms. The number of rotatable bonds is 7. The van der Waals surface area contributed by atoms with E-state index in [0.29, 0.717) is 5.92 Å². The number of benzene rings is 1. The van der Waals surface area contributed by atoms with Crippen LogP contribution in [-0.4, -0.2) is 49.7 Å². The maximum atomic E-state index is 6.15. The molecule has 0 N–H and O–H groups in total. The van der Waals surface area contributed by atoms with Gasteiger partial charge in [0.25, 0.3) is 0 Å². The summed E-state index contributed by atoms with van der Waals surface area (Å²) in [4.78, 5) is 7.47. The Bertz CT molecular complexity index is 814. The molecule has 1 aliphatic heterocycles. The maximum Gasteiger partial charge on any atom is 0.238 e. The molecule has 1 fully saturated rings. The predicted octanol–water partition coefficient (Wildman–Crippen LogP) is 3.34. The van der Waals surface area contributed by atoms with Crippen LogP contribution < -0.4 is 4.74 Å². The normalized spacial score (nSPS) is 17.1. The van der Waals surface area contributed by atoms with Gasteiger partial charge in [0.1, 0.15) is 17.8 Å². The Labute approximate surface area is 163 Å². The van der Waals surface area contributed by atoms with E-state index in [2.05, 4.69) is 32.7 Å². The predicted molar refractivity (Wildman–Crippen MR) is 104 cm³/mol. The first kappa shape index (κ1) is 18.1. The highest BCUT2D eigenvalue weighted by Gasteiger charge is 2.26. The van der Waals surface area contributed by atoms with Gasteiger partial charge in [-0.2, -0.15) is 4.68 Å². The Balaban J connectivity index is 1.50. The van der Waals surface area contributed by atoms with Crippen molar-refractivity contribution in [2.24, 2.45) is 0 Å². The molecule has 0 amide bonds. The molecule has 3 heterocycles. The van der Waals surface area contributed by atoms with E-state index < -0.39 is 6.23 Å². The summed E-state index contributed by atoms with van der Waals surface area (Å²) in [6.45, 7) is 5.75. The van der Waals surface area contributed by atoms with Crippen molar-refractivity contribution in [2.75, 3.05) is 19.6 Å². The zero-order valence-electron chi connectivity index (χ0n) is 15.4. The summed E-state index contributed by atoms with van der Waals surface area (Å²) in [6.07, 6.45) is 4.66. The van der Waals surface area contributed by atoms with E-state index >= 15 is 0 Å². The summed E-state index contributed by atoms with van der Waals surface area (Å²) in [5.41, 5.74) is 0.849. The van der Waals surface area contributed by atoms with E-state index in [1.165, 1.54) is 30.8 Å². The van der Waals surface area contributed by atoms with Crippen LogP contribution in [0.5, 0.6) is 5.75 Å². The van der Waals surface area contributed by atoms with E-state index in [9.17, 15) is 0 Å². The molecule has 1 saturated heterocycles. The molecular weight excluding hydrogens is 360 g/mol. The quantitative estimate of drug-likeness (QED) is 0.622. The largest absolute Gasteiger partial charge is 0.463 e. The molecule has 4 rings (SSSR count). The first-order valence-corrected chi connectivity index (χ1v) is 10.3. The first-order valence-electron chi connectivity index (χ1n) is 9.45. The van der Waals surface area contributed by atoms with Crippen LogP contribution in [0, 0.1) is 0 Å². The molecule has 1 aromatic carbocycles. The van der Waals surface area contributed by atoms with Gasteiger partial charge in [-0.1, -0.05) is 25.1 Å². The number of para-hydroxylation sites is 1. The van der Waals surface area contributed by atoms with Crippen molar-refractivity contribution in [3.8, 4) is 5.75 Å². The molecule has 1 atom stereocenters. The number of piperidine rings is 1. The number of aromatic nitrogens is 5. The van der Waals surface area contributed by atoms with Crippen LogP contribution in [0.2, 0.25) is 0 Å². The molecule has 2 aromatic heterocycles. The van der Waals surface area contributed by atoms with Gasteiger partial charge in [-0.15, -0.1) is 16.4 Å². The average Bonchev–Trinajstić information content (AvgIpc) is 3.40. The fraction of sp³-hybridized carbons (Fsp3) is 0.474. The van der Waals surface area contributed by atoms with Gasteiger partial charge in [0.05, 0.1) is 5.01 Å². The monoisotopic (exact) mass is 384 g/mol. The smallest absolute Gasteiger partial charge is 0.238 e. The van der Waals surface area contributed by atoms with Crippen molar-refractivity contribution in [3.63, 3.8) is 0 Å². The number of ether oxygens (including phenoxy) is 1. The van der Waals surface area contributed by atoms with Gasteiger partial charge < -0.3 is 9.64 Å². The molecule has 0 bridgehead atoms. The van der Waals surface area contributed by atoms with Crippen LogP contribution in [0.3, 0.4) is 0 Å².